The zero-order valence-electron chi connectivity index (χ0n) is 22.8. The second kappa shape index (κ2) is 10.1. The van der Waals surface area contributed by atoms with Gasteiger partial charge >= 0.3 is 0 Å². The highest BCUT2D eigenvalue weighted by atomic mass is 15.0. The maximum Gasteiger partial charge on any atom is 0.164 e. The molecule has 0 fully saturated rings. The quantitative estimate of drug-likeness (QED) is 0.211. The van der Waals surface area contributed by atoms with Crippen molar-refractivity contribution in [3.63, 3.8) is 0 Å². The van der Waals surface area contributed by atoms with Crippen molar-refractivity contribution < 1.29 is 0 Å². The first-order chi connectivity index (χ1) is 20.8. The topological polar surface area (TPSA) is 38.7 Å². The maximum atomic E-state index is 5.09. The molecule has 3 nitrogen and oxygen atoms in total. The van der Waals surface area contributed by atoms with Crippen LogP contribution >= 0.6 is 0 Å². The van der Waals surface area contributed by atoms with Crippen LogP contribution in [0.25, 0.3) is 77.6 Å². The molecule has 42 heavy (non-hydrogen) atoms. The summed E-state index contributed by atoms with van der Waals surface area (Å²) >= 11 is 0. The highest BCUT2D eigenvalue weighted by Gasteiger charge is 2.17. The molecule has 0 saturated carbocycles. The summed E-state index contributed by atoms with van der Waals surface area (Å²) in [5.41, 5.74) is 5.32. The van der Waals surface area contributed by atoms with Gasteiger partial charge in [-0.3, -0.25) is 0 Å². The van der Waals surface area contributed by atoms with Crippen molar-refractivity contribution in [3.8, 4) is 45.3 Å². The van der Waals surface area contributed by atoms with E-state index in [4.69, 9.17) is 15.0 Å². The molecule has 0 aliphatic carbocycles. The molecular formula is C39H25N3. The van der Waals surface area contributed by atoms with E-state index in [-0.39, 0.29) is 0 Å². The second-order valence-corrected chi connectivity index (χ2v) is 10.4. The van der Waals surface area contributed by atoms with Crippen molar-refractivity contribution in [1.82, 2.24) is 15.0 Å². The third kappa shape index (κ3) is 4.11. The largest absolute Gasteiger partial charge is 0.208 e. The van der Waals surface area contributed by atoms with Crippen LogP contribution in [0.3, 0.4) is 0 Å². The Morgan fingerprint density at radius 3 is 1.19 bits per heavy atom. The molecule has 0 bridgehead atoms. The normalized spacial score (nSPS) is 11.3. The smallest absolute Gasteiger partial charge is 0.164 e. The van der Waals surface area contributed by atoms with E-state index in [1.807, 2.05) is 60.7 Å². The lowest BCUT2D eigenvalue weighted by molar-refractivity contribution is 1.08. The molecule has 3 heteroatoms. The Labute approximate surface area is 243 Å². The SMILES string of the molecule is c1ccc(-c2nc(-c3ccccc3)nc(-c3cccc4ccc5ccc6cccc(-c7ccccc7)c6c5c34)n2)cc1. The molecule has 0 atom stereocenters. The molecule has 0 radical (unpaired) electrons. The van der Waals surface area contributed by atoms with E-state index in [0.717, 1.165) is 27.5 Å². The number of hydrogen-bond acceptors (Lipinski definition) is 3. The zero-order chi connectivity index (χ0) is 27.9. The van der Waals surface area contributed by atoms with Gasteiger partial charge in [-0.2, -0.15) is 0 Å². The fourth-order valence-electron chi connectivity index (χ4n) is 5.94. The summed E-state index contributed by atoms with van der Waals surface area (Å²) in [4.78, 5) is 15.1. The molecule has 0 aliphatic heterocycles. The van der Waals surface area contributed by atoms with Gasteiger partial charge in [0, 0.05) is 22.1 Å². The predicted molar refractivity (Wildman–Crippen MR) is 174 cm³/mol. The van der Waals surface area contributed by atoms with Gasteiger partial charge in [-0.05, 0) is 38.1 Å². The summed E-state index contributed by atoms with van der Waals surface area (Å²) in [7, 11) is 0. The Morgan fingerprint density at radius 2 is 0.667 bits per heavy atom. The predicted octanol–water partition coefficient (Wildman–Crippen LogP) is 10.00. The molecule has 0 spiro atoms. The van der Waals surface area contributed by atoms with Gasteiger partial charge in [0.2, 0.25) is 0 Å². The van der Waals surface area contributed by atoms with E-state index in [9.17, 15) is 0 Å². The lowest BCUT2D eigenvalue weighted by atomic mass is 9.89. The van der Waals surface area contributed by atoms with Crippen LogP contribution in [0.2, 0.25) is 0 Å². The molecule has 1 aromatic heterocycles. The van der Waals surface area contributed by atoms with Gasteiger partial charge in [0.05, 0.1) is 0 Å². The Balaban J connectivity index is 1.49. The Morgan fingerprint density at radius 1 is 0.262 bits per heavy atom. The van der Waals surface area contributed by atoms with E-state index in [1.54, 1.807) is 0 Å². The molecule has 0 amide bonds. The van der Waals surface area contributed by atoms with Gasteiger partial charge in [-0.15, -0.1) is 0 Å². The summed E-state index contributed by atoms with van der Waals surface area (Å²) < 4.78 is 0. The monoisotopic (exact) mass is 535 g/mol. The van der Waals surface area contributed by atoms with E-state index in [0.29, 0.717) is 17.5 Å². The molecule has 7 aromatic carbocycles. The standard InChI is InChI=1S/C39H25N3/c1-4-12-26(13-5-1)32-20-10-18-27-22-24-29-25-23-28-19-11-21-33(35(28)36(29)34(27)32)39-41-37(30-14-6-2-7-15-30)40-38(42-39)31-16-8-3-9-17-31/h1-25H. The average molecular weight is 536 g/mol. The Kier molecular flexibility index (Phi) is 5.79. The lowest BCUT2D eigenvalue weighted by Crippen LogP contribution is -2.00. The Bertz CT molecular complexity index is 2160. The third-order valence-corrected chi connectivity index (χ3v) is 7.89. The van der Waals surface area contributed by atoms with Crippen molar-refractivity contribution in [3.05, 3.63) is 152 Å². The van der Waals surface area contributed by atoms with Gasteiger partial charge in [0.15, 0.2) is 17.5 Å². The minimum atomic E-state index is 0.659. The van der Waals surface area contributed by atoms with Crippen LogP contribution in [0.1, 0.15) is 0 Å². The van der Waals surface area contributed by atoms with E-state index >= 15 is 0 Å². The van der Waals surface area contributed by atoms with Crippen LogP contribution in [0, 0.1) is 0 Å². The van der Waals surface area contributed by atoms with E-state index < -0.39 is 0 Å². The summed E-state index contributed by atoms with van der Waals surface area (Å²) in [5.74, 6) is 1.98. The highest BCUT2D eigenvalue weighted by molar-refractivity contribution is 6.26. The number of rotatable bonds is 4. The highest BCUT2D eigenvalue weighted by Crippen LogP contribution is 2.41. The van der Waals surface area contributed by atoms with Crippen molar-refractivity contribution >= 4 is 32.3 Å². The fourth-order valence-corrected chi connectivity index (χ4v) is 5.94. The van der Waals surface area contributed by atoms with Crippen molar-refractivity contribution in [2.45, 2.75) is 0 Å². The Hall–Kier alpha value is -5.67. The molecule has 0 aliphatic rings. The van der Waals surface area contributed by atoms with Crippen LogP contribution < -0.4 is 0 Å². The second-order valence-electron chi connectivity index (χ2n) is 10.4. The first-order valence-electron chi connectivity index (χ1n) is 14.1. The molecule has 1 heterocycles. The number of benzene rings is 7. The number of nitrogens with zero attached hydrogens (tertiary/aromatic N) is 3. The molecule has 0 N–H and O–H groups in total. The molecule has 8 rings (SSSR count). The first kappa shape index (κ1) is 24.2. The van der Waals surface area contributed by atoms with E-state index in [2.05, 4.69) is 91.0 Å². The number of hydrogen-bond donors (Lipinski definition) is 0. The maximum absolute atomic E-state index is 5.09. The summed E-state index contributed by atoms with van der Waals surface area (Å²) in [5, 5.41) is 7.14. The molecule has 0 saturated heterocycles. The van der Waals surface area contributed by atoms with Crippen molar-refractivity contribution in [2.75, 3.05) is 0 Å². The average Bonchev–Trinajstić information content (AvgIpc) is 3.08. The third-order valence-electron chi connectivity index (χ3n) is 7.89. The van der Waals surface area contributed by atoms with Gasteiger partial charge < -0.3 is 0 Å². The van der Waals surface area contributed by atoms with Crippen LogP contribution in [-0.4, -0.2) is 15.0 Å². The molecule has 0 unspecified atom stereocenters. The van der Waals surface area contributed by atoms with Crippen molar-refractivity contribution in [2.24, 2.45) is 0 Å². The minimum Gasteiger partial charge on any atom is -0.208 e. The van der Waals surface area contributed by atoms with Gasteiger partial charge in [0.25, 0.3) is 0 Å². The van der Waals surface area contributed by atoms with E-state index in [1.165, 1.54) is 32.7 Å². The molecule has 8 aromatic rings. The summed E-state index contributed by atoms with van der Waals surface area (Å²) in [6.07, 6.45) is 0. The zero-order valence-corrected chi connectivity index (χ0v) is 22.8. The summed E-state index contributed by atoms with van der Waals surface area (Å²) in [6, 6.07) is 52.8. The lowest BCUT2D eigenvalue weighted by Gasteiger charge is -2.15. The van der Waals surface area contributed by atoms with Gasteiger partial charge in [0.1, 0.15) is 0 Å². The number of aromatic nitrogens is 3. The van der Waals surface area contributed by atoms with Crippen molar-refractivity contribution in [1.29, 1.82) is 0 Å². The minimum absolute atomic E-state index is 0.659. The molecule has 196 valence electrons. The first-order valence-corrected chi connectivity index (χ1v) is 14.1. The van der Waals surface area contributed by atoms with Crippen LogP contribution in [0.15, 0.2) is 152 Å². The van der Waals surface area contributed by atoms with Crippen LogP contribution in [0.5, 0.6) is 0 Å². The number of fused-ring (bicyclic) bond motifs is 5. The van der Waals surface area contributed by atoms with Crippen LogP contribution in [0.4, 0.5) is 0 Å². The van der Waals surface area contributed by atoms with Gasteiger partial charge in [-0.25, -0.2) is 15.0 Å². The van der Waals surface area contributed by atoms with Crippen LogP contribution in [-0.2, 0) is 0 Å². The summed E-state index contributed by atoms with van der Waals surface area (Å²) in [6.45, 7) is 0. The van der Waals surface area contributed by atoms with Gasteiger partial charge in [-0.1, -0.05) is 152 Å². The fraction of sp³-hybridized carbons (Fsp3) is 0. The molecular weight excluding hydrogens is 510 g/mol.